The molecule has 0 amide bonds. The first kappa shape index (κ1) is 17.1. The van der Waals surface area contributed by atoms with Gasteiger partial charge >= 0.3 is 0 Å². The van der Waals surface area contributed by atoms with E-state index in [1.54, 1.807) is 12.1 Å². The molecule has 1 saturated carbocycles. The minimum absolute atomic E-state index is 0.338. The van der Waals surface area contributed by atoms with E-state index < -0.39 is 11.6 Å². The molecule has 0 N–H and O–H groups in total. The average Bonchev–Trinajstić information content (AvgIpc) is 2.63. The van der Waals surface area contributed by atoms with E-state index in [9.17, 15) is 8.78 Å². The summed E-state index contributed by atoms with van der Waals surface area (Å²) in [6, 6.07) is 12.4. The molecule has 1 aliphatic carbocycles. The number of benzene rings is 2. The van der Waals surface area contributed by atoms with Gasteiger partial charge in [0.25, 0.3) is 0 Å². The summed E-state index contributed by atoms with van der Waals surface area (Å²) in [5.74, 6) is -0.0280. The standard InChI is InChI=1S/C22H26F2/c1-2-3-5-16-8-10-17(11-9-16)18-12-14-19(15-13-18)20-6-4-7-21(23)22(20)24/h4,6-7,12-17H,2-3,5,8-11H2,1H3. The maximum Gasteiger partial charge on any atom is 0.166 e. The van der Waals surface area contributed by atoms with Gasteiger partial charge in [-0.05, 0) is 54.7 Å². The monoisotopic (exact) mass is 328 g/mol. The fraction of sp³-hybridized carbons (Fsp3) is 0.455. The largest absolute Gasteiger partial charge is 0.204 e. The summed E-state index contributed by atoms with van der Waals surface area (Å²) in [7, 11) is 0. The molecular weight excluding hydrogens is 302 g/mol. The highest BCUT2D eigenvalue weighted by atomic mass is 19.2. The van der Waals surface area contributed by atoms with Gasteiger partial charge in [-0.3, -0.25) is 0 Å². The Balaban J connectivity index is 1.66. The molecular formula is C22H26F2. The highest BCUT2D eigenvalue weighted by Gasteiger charge is 2.22. The molecule has 0 aromatic heterocycles. The summed E-state index contributed by atoms with van der Waals surface area (Å²) in [5.41, 5.74) is 2.42. The maximum atomic E-state index is 13.9. The first-order valence-electron chi connectivity index (χ1n) is 9.23. The van der Waals surface area contributed by atoms with Crippen LogP contribution in [0.15, 0.2) is 42.5 Å². The SMILES string of the molecule is CCCCC1CCC(c2ccc(-c3cccc(F)c3F)cc2)CC1. The molecule has 0 atom stereocenters. The molecule has 0 bridgehead atoms. The van der Waals surface area contributed by atoms with E-state index >= 15 is 0 Å². The number of hydrogen-bond acceptors (Lipinski definition) is 0. The van der Waals surface area contributed by atoms with Gasteiger partial charge in [-0.1, -0.05) is 62.6 Å². The van der Waals surface area contributed by atoms with Gasteiger partial charge in [0, 0.05) is 5.56 Å². The van der Waals surface area contributed by atoms with Crippen LogP contribution in [0.1, 0.15) is 63.4 Å². The van der Waals surface area contributed by atoms with Crippen LogP contribution in [0, 0.1) is 17.6 Å². The highest BCUT2D eigenvalue weighted by Crippen LogP contribution is 2.38. The summed E-state index contributed by atoms with van der Waals surface area (Å²) in [6.07, 6.45) is 9.17. The van der Waals surface area contributed by atoms with Gasteiger partial charge in [-0.15, -0.1) is 0 Å². The highest BCUT2D eigenvalue weighted by molar-refractivity contribution is 5.64. The Morgan fingerprint density at radius 1 is 0.917 bits per heavy atom. The van der Waals surface area contributed by atoms with E-state index in [0.29, 0.717) is 11.5 Å². The van der Waals surface area contributed by atoms with E-state index in [0.717, 1.165) is 17.5 Å². The molecule has 0 aliphatic heterocycles. The lowest BCUT2D eigenvalue weighted by atomic mass is 9.77. The maximum absolute atomic E-state index is 13.9. The Bertz CT molecular complexity index is 652. The van der Waals surface area contributed by atoms with Gasteiger partial charge in [0.05, 0.1) is 0 Å². The number of unbranched alkanes of at least 4 members (excludes halogenated alkanes) is 1. The summed E-state index contributed by atoms with van der Waals surface area (Å²) < 4.78 is 27.3. The summed E-state index contributed by atoms with van der Waals surface area (Å²) in [6.45, 7) is 2.26. The zero-order valence-corrected chi connectivity index (χ0v) is 14.4. The molecule has 2 aromatic carbocycles. The normalized spacial score (nSPS) is 21.0. The van der Waals surface area contributed by atoms with E-state index in [2.05, 4.69) is 19.1 Å². The molecule has 1 fully saturated rings. The van der Waals surface area contributed by atoms with Crippen molar-refractivity contribution in [3.63, 3.8) is 0 Å². The molecule has 0 radical (unpaired) electrons. The predicted octanol–water partition coefficient (Wildman–Crippen LogP) is 7.10. The molecule has 1 aliphatic rings. The van der Waals surface area contributed by atoms with Crippen LogP contribution in [0.5, 0.6) is 0 Å². The quantitative estimate of drug-likeness (QED) is 0.549. The molecule has 0 spiro atoms. The smallest absolute Gasteiger partial charge is 0.166 e. The van der Waals surface area contributed by atoms with Crippen LogP contribution < -0.4 is 0 Å². The van der Waals surface area contributed by atoms with Crippen LogP contribution in [0.4, 0.5) is 8.78 Å². The first-order chi connectivity index (χ1) is 11.7. The molecule has 0 heterocycles. The summed E-state index contributed by atoms with van der Waals surface area (Å²) in [4.78, 5) is 0. The number of halogens is 2. The molecule has 2 aromatic rings. The van der Waals surface area contributed by atoms with Crippen LogP contribution in [-0.2, 0) is 0 Å². The van der Waals surface area contributed by atoms with Crippen molar-refractivity contribution in [2.24, 2.45) is 5.92 Å². The summed E-state index contributed by atoms with van der Waals surface area (Å²) >= 11 is 0. The average molecular weight is 328 g/mol. The van der Waals surface area contributed by atoms with Crippen LogP contribution in [0.3, 0.4) is 0 Å². The second-order valence-corrected chi connectivity index (χ2v) is 7.08. The van der Waals surface area contributed by atoms with E-state index in [4.69, 9.17) is 0 Å². The van der Waals surface area contributed by atoms with Crippen molar-refractivity contribution in [3.05, 3.63) is 59.7 Å². The van der Waals surface area contributed by atoms with E-state index in [-0.39, 0.29) is 0 Å². The van der Waals surface area contributed by atoms with E-state index in [1.807, 2.05) is 12.1 Å². The lowest BCUT2D eigenvalue weighted by Crippen LogP contribution is -2.13. The molecule has 128 valence electrons. The van der Waals surface area contributed by atoms with Crippen LogP contribution in [0.2, 0.25) is 0 Å². The Labute approximate surface area is 143 Å². The molecule has 0 nitrogen and oxygen atoms in total. The fourth-order valence-electron chi connectivity index (χ4n) is 3.94. The lowest BCUT2D eigenvalue weighted by molar-refractivity contribution is 0.304. The third-order valence-corrected chi connectivity index (χ3v) is 5.46. The van der Waals surface area contributed by atoms with Gasteiger partial charge in [0.1, 0.15) is 0 Å². The summed E-state index contributed by atoms with van der Waals surface area (Å²) in [5, 5.41) is 0. The Morgan fingerprint density at radius 2 is 1.62 bits per heavy atom. The van der Waals surface area contributed by atoms with Gasteiger partial charge in [0.2, 0.25) is 0 Å². The van der Waals surface area contributed by atoms with Crippen LogP contribution >= 0.6 is 0 Å². The minimum Gasteiger partial charge on any atom is -0.204 e. The molecule has 3 rings (SSSR count). The van der Waals surface area contributed by atoms with Gasteiger partial charge in [-0.2, -0.15) is 0 Å². The molecule has 2 heteroatoms. The third-order valence-electron chi connectivity index (χ3n) is 5.46. The number of hydrogen-bond donors (Lipinski definition) is 0. The second kappa shape index (κ2) is 7.92. The van der Waals surface area contributed by atoms with Crippen molar-refractivity contribution in [2.75, 3.05) is 0 Å². The Kier molecular flexibility index (Phi) is 5.65. The van der Waals surface area contributed by atoms with Gasteiger partial charge in [0.15, 0.2) is 11.6 Å². The van der Waals surface area contributed by atoms with E-state index in [1.165, 1.54) is 50.5 Å². The van der Waals surface area contributed by atoms with Crippen molar-refractivity contribution in [1.29, 1.82) is 0 Å². The number of rotatable bonds is 5. The lowest BCUT2D eigenvalue weighted by Gasteiger charge is -2.29. The van der Waals surface area contributed by atoms with Crippen LogP contribution in [-0.4, -0.2) is 0 Å². The third kappa shape index (κ3) is 3.85. The zero-order valence-electron chi connectivity index (χ0n) is 14.4. The van der Waals surface area contributed by atoms with Crippen molar-refractivity contribution in [1.82, 2.24) is 0 Å². The Morgan fingerprint density at radius 3 is 2.29 bits per heavy atom. The van der Waals surface area contributed by atoms with Crippen molar-refractivity contribution < 1.29 is 8.78 Å². The van der Waals surface area contributed by atoms with Gasteiger partial charge in [-0.25, -0.2) is 8.78 Å². The Hall–Kier alpha value is -1.70. The van der Waals surface area contributed by atoms with Crippen molar-refractivity contribution >= 4 is 0 Å². The topological polar surface area (TPSA) is 0 Å². The second-order valence-electron chi connectivity index (χ2n) is 7.08. The van der Waals surface area contributed by atoms with Crippen molar-refractivity contribution in [3.8, 4) is 11.1 Å². The zero-order chi connectivity index (χ0) is 16.9. The molecule has 24 heavy (non-hydrogen) atoms. The van der Waals surface area contributed by atoms with Gasteiger partial charge < -0.3 is 0 Å². The molecule has 0 saturated heterocycles. The fourth-order valence-corrected chi connectivity index (χ4v) is 3.94. The minimum atomic E-state index is -0.790. The first-order valence-corrected chi connectivity index (χ1v) is 9.23. The van der Waals surface area contributed by atoms with Crippen LogP contribution in [0.25, 0.3) is 11.1 Å². The molecule has 0 unspecified atom stereocenters. The predicted molar refractivity (Wildman–Crippen MR) is 96.0 cm³/mol. The van der Waals surface area contributed by atoms with Crippen molar-refractivity contribution in [2.45, 2.75) is 57.8 Å².